The van der Waals surface area contributed by atoms with Crippen molar-refractivity contribution in [2.45, 2.75) is 6.92 Å². The first-order valence-electron chi connectivity index (χ1n) is 5.50. The summed E-state index contributed by atoms with van der Waals surface area (Å²) in [5.74, 6) is -1.88. The van der Waals surface area contributed by atoms with Gasteiger partial charge in [-0.05, 0) is 6.92 Å². The summed E-state index contributed by atoms with van der Waals surface area (Å²) in [6, 6.07) is 0. The van der Waals surface area contributed by atoms with Crippen LogP contribution in [0, 0.1) is 11.8 Å². The number of rotatable bonds is 2. The van der Waals surface area contributed by atoms with Crippen LogP contribution in [0.15, 0.2) is 11.8 Å². The van der Waals surface area contributed by atoms with Gasteiger partial charge in [0.2, 0.25) is 11.8 Å². The van der Waals surface area contributed by atoms with E-state index in [1.165, 1.54) is 13.1 Å². The van der Waals surface area contributed by atoms with Crippen LogP contribution in [0.2, 0.25) is 0 Å². The second-order valence-corrected chi connectivity index (χ2v) is 4.05. The molecule has 2 atom stereocenters. The molecule has 0 aliphatic carbocycles. The van der Waals surface area contributed by atoms with Gasteiger partial charge in [-0.15, -0.1) is 0 Å². The van der Waals surface area contributed by atoms with E-state index in [1.807, 2.05) is 0 Å². The van der Waals surface area contributed by atoms with Crippen molar-refractivity contribution in [3.8, 4) is 0 Å². The highest BCUT2D eigenvalue weighted by molar-refractivity contribution is 6.07. The first kappa shape index (κ1) is 11.6. The lowest BCUT2D eigenvalue weighted by Crippen LogP contribution is -2.30. The van der Waals surface area contributed by atoms with Crippen LogP contribution >= 0.6 is 0 Å². The Morgan fingerprint density at radius 2 is 2.24 bits per heavy atom. The first-order valence-corrected chi connectivity index (χ1v) is 5.50. The molecule has 6 heteroatoms. The van der Waals surface area contributed by atoms with E-state index in [9.17, 15) is 14.4 Å². The molecule has 0 aromatic heterocycles. The smallest absolute Gasteiger partial charge is 0.332 e. The number of imide groups is 1. The maximum atomic E-state index is 11.8. The zero-order valence-corrected chi connectivity index (χ0v) is 9.73. The Hall–Kier alpha value is -1.85. The molecule has 1 N–H and O–H groups in total. The summed E-state index contributed by atoms with van der Waals surface area (Å²) >= 11 is 0. The van der Waals surface area contributed by atoms with E-state index in [0.717, 1.165) is 4.90 Å². The maximum Gasteiger partial charge on any atom is 0.332 e. The average molecular weight is 238 g/mol. The van der Waals surface area contributed by atoms with Crippen molar-refractivity contribution < 1.29 is 19.1 Å². The van der Waals surface area contributed by atoms with Crippen LogP contribution < -0.4 is 5.32 Å². The van der Waals surface area contributed by atoms with E-state index in [4.69, 9.17) is 4.74 Å². The van der Waals surface area contributed by atoms with Crippen molar-refractivity contribution in [3.05, 3.63) is 11.8 Å². The van der Waals surface area contributed by atoms with Crippen molar-refractivity contribution in [3.63, 3.8) is 0 Å². The summed E-state index contributed by atoms with van der Waals surface area (Å²) in [5, 5.41) is 2.92. The molecule has 2 heterocycles. The van der Waals surface area contributed by atoms with Gasteiger partial charge in [-0.1, -0.05) is 0 Å². The maximum absolute atomic E-state index is 11.8. The molecule has 0 radical (unpaired) electrons. The second kappa shape index (κ2) is 4.20. The van der Waals surface area contributed by atoms with Gasteiger partial charge in [-0.3, -0.25) is 14.5 Å². The van der Waals surface area contributed by atoms with Gasteiger partial charge >= 0.3 is 5.97 Å². The molecule has 0 bridgehead atoms. The lowest BCUT2D eigenvalue weighted by Gasteiger charge is -2.10. The number of amides is 2. The van der Waals surface area contributed by atoms with Gasteiger partial charge in [0.1, 0.15) is 0 Å². The summed E-state index contributed by atoms with van der Waals surface area (Å²) < 4.78 is 4.78. The minimum atomic E-state index is -0.545. The number of carbonyl (C=O) groups excluding carboxylic acids is 3. The number of nitrogens with one attached hydrogen (secondary N) is 1. The molecule has 0 aromatic carbocycles. The number of hydrogen-bond acceptors (Lipinski definition) is 5. The topological polar surface area (TPSA) is 75.7 Å². The van der Waals surface area contributed by atoms with Gasteiger partial charge in [0.15, 0.2) is 0 Å². The lowest BCUT2D eigenvalue weighted by atomic mass is 9.96. The van der Waals surface area contributed by atoms with Crippen molar-refractivity contribution >= 4 is 17.8 Å². The minimum Gasteiger partial charge on any atom is -0.463 e. The molecule has 2 amide bonds. The van der Waals surface area contributed by atoms with Crippen LogP contribution in [-0.4, -0.2) is 42.9 Å². The number of esters is 1. The molecule has 6 nitrogen and oxygen atoms in total. The standard InChI is InChI=1S/C11H14N2O4/c1-3-17-8(14)4-7-9-6(5-12-7)10(15)13(2)11(9)16/h4,6,9,12H,3,5H2,1-2H3/b7-4+. The van der Waals surface area contributed by atoms with Crippen LogP contribution in [0.1, 0.15) is 6.92 Å². The molecule has 0 spiro atoms. The predicted molar refractivity (Wildman–Crippen MR) is 57.5 cm³/mol. The fraction of sp³-hybridized carbons (Fsp3) is 0.545. The highest BCUT2D eigenvalue weighted by atomic mass is 16.5. The van der Waals surface area contributed by atoms with E-state index in [0.29, 0.717) is 12.2 Å². The quantitative estimate of drug-likeness (QED) is 0.390. The van der Waals surface area contributed by atoms with Crippen molar-refractivity contribution in [2.24, 2.45) is 11.8 Å². The monoisotopic (exact) mass is 238 g/mol. The molecule has 92 valence electrons. The molecule has 2 aliphatic rings. The molecule has 2 rings (SSSR count). The number of ether oxygens (including phenoxy) is 1. The fourth-order valence-electron chi connectivity index (χ4n) is 2.23. The van der Waals surface area contributed by atoms with E-state index in [-0.39, 0.29) is 24.3 Å². The second-order valence-electron chi connectivity index (χ2n) is 4.05. The largest absolute Gasteiger partial charge is 0.463 e. The molecule has 0 saturated carbocycles. The van der Waals surface area contributed by atoms with Crippen LogP contribution in [0.3, 0.4) is 0 Å². The van der Waals surface area contributed by atoms with Crippen molar-refractivity contribution in [2.75, 3.05) is 20.2 Å². The zero-order chi connectivity index (χ0) is 12.6. The zero-order valence-electron chi connectivity index (χ0n) is 9.73. The third kappa shape index (κ3) is 1.79. The Bertz CT molecular complexity index is 416. The SMILES string of the molecule is CCOC(=O)/C=C1/NCC2C(=O)N(C)C(=O)C12. The van der Waals surface area contributed by atoms with E-state index < -0.39 is 11.9 Å². The number of likely N-dealkylation sites (tertiary alicyclic amines) is 1. The normalized spacial score (nSPS) is 29.5. The van der Waals surface area contributed by atoms with Gasteiger partial charge in [0.25, 0.3) is 0 Å². The van der Waals surface area contributed by atoms with Crippen molar-refractivity contribution in [1.82, 2.24) is 10.2 Å². The highest BCUT2D eigenvalue weighted by Crippen LogP contribution is 2.34. The van der Waals surface area contributed by atoms with Crippen LogP contribution in [0.25, 0.3) is 0 Å². The summed E-state index contributed by atoms with van der Waals surface area (Å²) in [4.78, 5) is 35.9. The van der Waals surface area contributed by atoms with E-state index >= 15 is 0 Å². The number of hydrogen-bond donors (Lipinski definition) is 1. The van der Waals surface area contributed by atoms with Crippen LogP contribution in [0.5, 0.6) is 0 Å². The van der Waals surface area contributed by atoms with E-state index in [2.05, 4.69) is 5.32 Å². The Labute approximate surface area is 98.6 Å². The molecule has 2 fully saturated rings. The fourth-order valence-corrected chi connectivity index (χ4v) is 2.23. The molecule has 2 saturated heterocycles. The predicted octanol–water partition coefficient (Wildman–Crippen LogP) is -0.732. The van der Waals surface area contributed by atoms with Gasteiger partial charge in [0, 0.05) is 25.4 Å². The first-order chi connectivity index (χ1) is 8.06. The molecule has 2 aliphatic heterocycles. The van der Waals surface area contributed by atoms with Crippen LogP contribution in [-0.2, 0) is 19.1 Å². The summed E-state index contributed by atoms with van der Waals surface area (Å²) in [7, 11) is 1.46. The van der Waals surface area contributed by atoms with Crippen LogP contribution in [0.4, 0.5) is 0 Å². The molecule has 0 aromatic rings. The molecule has 17 heavy (non-hydrogen) atoms. The van der Waals surface area contributed by atoms with Gasteiger partial charge in [-0.2, -0.15) is 0 Å². The summed E-state index contributed by atoms with van der Waals surface area (Å²) in [6.07, 6.45) is 1.26. The third-order valence-electron chi connectivity index (χ3n) is 3.07. The van der Waals surface area contributed by atoms with E-state index in [1.54, 1.807) is 6.92 Å². The summed E-state index contributed by atoms with van der Waals surface area (Å²) in [6.45, 7) is 2.38. The number of fused-ring (bicyclic) bond motifs is 1. The Balaban J connectivity index is 2.21. The number of nitrogens with zero attached hydrogens (tertiary/aromatic N) is 1. The molecular weight excluding hydrogens is 224 g/mol. The Morgan fingerprint density at radius 1 is 1.53 bits per heavy atom. The molecule has 2 unspecified atom stereocenters. The molecular formula is C11H14N2O4. The highest BCUT2D eigenvalue weighted by Gasteiger charge is 2.51. The lowest BCUT2D eigenvalue weighted by molar-refractivity contribution is -0.138. The Morgan fingerprint density at radius 3 is 2.88 bits per heavy atom. The minimum absolute atomic E-state index is 0.195. The van der Waals surface area contributed by atoms with Crippen molar-refractivity contribution in [1.29, 1.82) is 0 Å². The van der Waals surface area contributed by atoms with Gasteiger partial charge < -0.3 is 10.1 Å². The number of carbonyl (C=O) groups is 3. The van der Waals surface area contributed by atoms with Gasteiger partial charge in [-0.25, -0.2) is 4.79 Å². The third-order valence-corrected chi connectivity index (χ3v) is 3.07. The Kier molecular flexibility index (Phi) is 2.87. The van der Waals surface area contributed by atoms with Gasteiger partial charge in [0.05, 0.1) is 18.4 Å². The average Bonchev–Trinajstić information content (AvgIpc) is 2.77. The summed E-state index contributed by atoms with van der Waals surface area (Å²) in [5.41, 5.74) is 0.483.